The summed E-state index contributed by atoms with van der Waals surface area (Å²) < 4.78 is 39.5. The molecule has 151 valence electrons. The van der Waals surface area contributed by atoms with Gasteiger partial charge in [0.25, 0.3) is 0 Å². The van der Waals surface area contributed by atoms with Gasteiger partial charge in [0.05, 0.1) is 9.76 Å². The molecule has 26 heavy (non-hydrogen) atoms. The van der Waals surface area contributed by atoms with Crippen LogP contribution in [0.5, 0.6) is 0 Å². The third kappa shape index (κ3) is 5.92. The summed E-state index contributed by atoms with van der Waals surface area (Å²) in [5.41, 5.74) is 0. The molecular weight excluding hydrogens is 481 g/mol. The van der Waals surface area contributed by atoms with Crippen molar-refractivity contribution in [2.24, 2.45) is 0 Å². The van der Waals surface area contributed by atoms with Crippen molar-refractivity contribution in [1.82, 2.24) is 0 Å². The molecule has 2 atom stereocenters. The molecule has 10 nitrogen and oxygen atoms in total. The van der Waals surface area contributed by atoms with Crippen molar-refractivity contribution in [3.63, 3.8) is 0 Å². The molecule has 0 fully saturated rings. The van der Waals surface area contributed by atoms with E-state index in [4.69, 9.17) is 30.0 Å². The molecule has 0 spiro atoms. The molecule has 0 aliphatic carbocycles. The molecule has 0 bridgehead atoms. The van der Waals surface area contributed by atoms with Gasteiger partial charge in [-0.15, -0.1) is 0 Å². The highest BCUT2D eigenvalue weighted by atomic mass is 30.0. The third-order valence-corrected chi connectivity index (χ3v) is 51.2. The van der Waals surface area contributed by atoms with Crippen molar-refractivity contribution < 1.29 is 44.4 Å². The third-order valence-electron chi connectivity index (χ3n) is 3.43. The zero-order chi connectivity index (χ0) is 20.9. The second-order valence-corrected chi connectivity index (χ2v) is 40.7. The van der Waals surface area contributed by atoms with Crippen LogP contribution in [-0.2, 0) is 30.0 Å². The Kier molecular flexibility index (Phi) is 10.9. The molecule has 18 heteroatoms. The van der Waals surface area contributed by atoms with Crippen molar-refractivity contribution in [1.29, 1.82) is 0 Å². The highest BCUT2D eigenvalue weighted by Crippen LogP contribution is 2.32. The summed E-state index contributed by atoms with van der Waals surface area (Å²) in [6.07, 6.45) is 0. The minimum absolute atomic E-state index is 0.694. The first-order valence-corrected chi connectivity index (χ1v) is 24.8. The summed E-state index contributed by atoms with van der Waals surface area (Å²) in [6, 6.07) is 0. The van der Waals surface area contributed by atoms with Crippen molar-refractivity contribution >= 4 is 69.0 Å². The monoisotopic (exact) mass is 507 g/mol. The lowest BCUT2D eigenvalue weighted by Crippen LogP contribution is -2.85. The Labute approximate surface area is 167 Å². The molecular formula is C8H27O10Si8. The van der Waals surface area contributed by atoms with Crippen molar-refractivity contribution in [3.05, 3.63) is 0 Å². The van der Waals surface area contributed by atoms with Crippen LogP contribution < -0.4 is 0 Å². The van der Waals surface area contributed by atoms with E-state index in [-0.39, 0.29) is 0 Å². The van der Waals surface area contributed by atoms with Gasteiger partial charge in [0, 0.05) is 28.4 Å². The average Bonchev–Trinajstić information content (AvgIpc) is 2.57. The first-order chi connectivity index (χ1) is 11.8. The summed E-state index contributed by atoms with van der Waals surface area (Å²) in [5, 5.41) is 0. The van der Waals surface area contributed by atoms with Crippen LogP contribution in [0.1, 0.15) is 0 Å². The summed E-state index contributed by atoms with van der Waals surface area (Å²) in [7, 11) is -5.96. The molecule has 0 aromatic rings. The summed E-state index contributed by atoms with van der Waals surface area (Å²) in [5.74, 6) is 0. The molecule has 0 aromatic heterocycles. The molecule has 0 amide bonds. The normalized spacial score (nSPS) is 18.5. The fourth-order valence-corrected chi connectivity index (χ4v) is 65.0. The van der Waals surface area contributed by atoms with E-state index in [0.29, 0.717) is 0 Å². The lowest BCUT2D eigenvalue weighted by molar-refractivity contribution is 0.0407. The highest BCUT2D eigenvalue weighted by Gasteiger charge is 2.70. The van der Waals surface area contributed by atoms with Gasteiger partial charge in [-0.3, -0.25) is 0 Å². The van der Waals surface area contributed by atoms with E-state index < -0.39 is 59.2 Å². The maximum Gasteiger partial charge on any atom is 0.669 e. The molecule has 7 radical (unpaired) electrons. The number of hydrogen-bond acceptors (Lipinski definition) is 10. The number of rotatable bonds is 13. The Balaban J connectivity index is 6.16. The Morgan fingerprint density at radius 2 is 1.27 bits per heavy atom. The van der Waals surface area contributed by atoms with Crippen molar-refractivity contribution in [3.8, 4) is 0 Å². The molecule has 0 saturated carbocycles. The van der Waals surface area contributed by atoms with Gasteiger partial charge in [-0.25, -0.2) is 0 Å². The Morgan fingerprint density at radius 3 is 1.54 bits per heavy atom. The largest absolute Gasteiger partial charge is 0.669 e. The Hall–Kier alpha value is 1.34. The second kappa shape index (κ2) is 10.4. The smallest absolute Gasteiger partial charge is 0.433 e. The van der Waals surface area contributed by atoms with Crippen LogP contribution >= 0.6 is 0 Å². The van der Waals surface area contributed by atoms with Crippen LogP contribution in [0.3, 0.4) is 0 Å². The van der Waals surface area contributed by atoms with Gasteiger partial charge in [-0.2, -0.15) is 0 Å². The quantitative estimate of drug-likeness (QED) is 0.236. The highest BCUT2D eigenvalue weighted by molar-refractivity contribution is 7.83. The van der Waals surface area contributed by atoms with Crippen molar-refractivity contribution in [2.45, 2.75) is 26.2 Å². The fourth-order valence-electron chi connectivity index (χ4n) is 2.21. The maximum atomic E-state index is 11.0. The van der Waals surface area contributed by atoms with Gasteiger partial charge in [-0.05, 0) is 26.2 Å². The lowest BCUT2D eigenvalue weighted by Gasteiger charge is -2.49. The second-order valence-electron chi connectivity index (χ2n) is 6.08. The Morgan fingerprint density at radius 1 is 0.808 bits per heavy atom. The summed E-state index contributed by atoms with van der Waals surface area (Å²) in [6.45, 7) is 3.42. The van der Waals surface area contributed by atoms with Gasteiger partial charge in [0.15, 0.2) is 0 Å². The molecule has 2 unspecified atom stereocenters. The molecule has 0 rings (SSSR count). The molecule has 0 aliphatic heterocycles. The zero-order valence-corrected chi connectivity index (χ0v) is 24.2. The van der Waals surface area contributed by atoms with E-state index in [1.165, 1.54) is 28.4 Å². The van der Waals surface area contributed by atoms with Gasteiger partial charge in [0.1, 0.15) is 0 Å². The van der Waals surface area contributed by atoms with E-state index >= 15 is 0 Å². The van der Waals surface area contributed by atoms with Crippen molar-refractivity contribution in [2.75, 3.05) is 28.4 Å². The lowest BCUT2D eigenvalue weighted by atomic mass is 11.8. The standard InChI is InChI=1S/C8H27O10Si8/c1-12-24(13-2,14-3)17-23(7,8)18-25(16-20-9,22(5,6)11)26(19,15-4)21-10/h9-11H,1-8H3. The molecule has 0 aliphatic rings. The number of hydrogen-bond donors (Lipinski definition) is 3. The molecule has 0 saturated heterocycles. The Bertz CT molecular complexity index is 419. The van der Waals surface area contributed by atoms with Crippen LogP contribution in [0, 0.1) is 0 Å². The van der Waals surface area contributed by atoms with Crippen LogP contribution in [0.4, 0.5) is 0 Å². The van der Waals surface area contributed by atoms with Crippen LogP contribution in [0.25, 0.3) is 0 Å². The van der Waals surface area contributed by atoms with Crippen LogP contribution in [0.2, 0.25) is 26.2 Å². The first-order valence-electron chi connectivity index (χ1n) is 7.35. The summed E-state index contributed by atoms with van der Waals surface area (Å²) >= 11 is 0. The van der Waals surface area contributed by atoms with E-state index in [2.05, 4.69) is 9.76 Å². The first kappa shape index (κ1) is 27.3. The van der Waals surface area contributed by atoms with E-state index in [9.17, 15) is 14.4 Å². The van der Waals surface area contributed by atoms with E-state index in [0.717, 1.165) is 0 Å². The average molecular weight is 508 g/mol. The van der Waals surface area contributed by atoms with Gasteiger partial charge < -0.3 is 44.4 Å². The fraction of sp³-hybridized carbons (Fsp3) is 1.00. The van der Waals surface area contributed by atoms with Gasteiger partial charge in [-0.1, -0.05) is 0 Å². The minimum atomic E-state index is -3.68. The van der Waals surface area contributed by atoms with Gasteiger partial charge >= 0.3 is 35.2 Å². The predicted octanol–water partition coefficient (Wildman–Crippen LogP) is -2.20. The topological polar surface area (TPSA) is 125 Å². The van der Waals surface area contributed by atoms with E-state index in [1.54, 1.807) is 26.2 Å². The van der Waals surface area contributed by atoms with Crippen LogP contribution in [-0.4, -0.2) is 112 Å². The van der Waals surface area contributed by atoms with Crippen LogP contribution in [0.15, 0.2) is 0 Å². The maximum absolute atomic E-state index is 11.0. The zero-order valence-electron chi connectivity index (χ0n) is 16.2. The SMILES string of the molecule is CO[Si](OC)(OC)O[Si](C)(C)O[Si](O[Si]O)([Si](C)(C)O)[Si]([Si])(OC)[Si]O. The van der Waals surface area contributed by atoms with E-state index in [1.807, 2.05) is 0 Å². The molecule has 0 aromatic carbocycles. The van der Waals surface area contributed by atoms with Gasteiger partial charge in [0.2, 0.25) is 24.0 Å². The molecule has 0 heterocycles. The minimum Gasteiger partial charge on any atom is -0.433 e. The predicted molar refractivity (Wildman–Crippen MR) is 107 cm³/mol. The molecule has 3 N–H and O–H groups in total. The summed E-state index contributed by atoms with van der Waals surface area (Å²) in [4.78, 5) is 30.6.